The molecule has 1 aromatic carbocycles. The lowest BCUT2D eigenvalue weighted by Gasteiger charge is -2.09. The highest BCUT2D eigenvalue weighted by Crippen LogP contribution is 2.21. The molecular weight excluding hydrogens is 266 g/mol. The van der Waals surface area contributed by atoms with E-state index in [4.69, 9.17) is 15.7 Å². The molecule has 0 aliphatic carbocycles. The molecule has 1 aliphatic rings. The first-order valence-corrected chi connectivity index (χ1v) is 6.47. The number of cyclic esters (lactones) is 1. The van der Waals surface area contributed by atoms with Crippen LogP contribution in [0, 0.1) is 0 Å². The molecule has 2 N–H and O–H groups in total. The number of alkyl carbamates (subject to hydrolysis) is 1. The molecule has 3 rings (SSSR count). The number of H-pyrrole nitrogens is 1. The van der Waals surface area contributed by atoms with Gasteiger partial charge in [0.05, 0.1) is 7.39 Å². The molecule has 5 heteroatoms. The van der Waals surface area contributed by atoms with Crippen LogP contribution in [0.3, 0.4) is 0 Å². The number of amides is 1. The largest absolute Gasteiger partial charge is 0.447 e. The summed E-state index contributed by atoms with van der Waals surface area (Å²) in [6.45, 7) is -5.80. The van der Waals surface area contributed by atoms with E-state index in [1.54, 1.807) is 18.2 Å². The number of hydrogen-bond acceptors (Lipinski definition) is 3. The van der Waals surface area contributed by atoms with Gasteiger partial charge in [0.15, 0.2) is 0 Å². The van der Waals surface area contributed by atoms with Crippen LogP contribution in [0.5, 0.6) is 0 Å². The summed E-state index contributed by atoms with van der Waals surface area (Å²) in [6.07, 6.45) is -1.93. The van der Waals surface area contributed by atoms with Gasteiger partial charge in [-0.15, -0.1) is 0 Å². The molecule has 1 amide bonds. The van der Waals surface area contributed by atoms with Crippen molar-refractivity contribution >= 4 is 17.0 Å². The van der Waals surface area contributed by atoms with E-state index >= 15 is 0 Å². The third-order valence-electron chi connectivity index (χ3n) is 3.18. The van der Waals surface area contributed by atoms with E-state index in [-0.39, 0.29) is 18.6 Å². The number of hydrogen-bond donors (Lipinski definition) is 2. The highest BCUT2D eigenvalue weighted by atomic mass is 16.6. The van der Waals surface area contributed by atoms with Crippen LogP contribution in [0.4, 0.5) is 4.79 Å². The Bertz CT molecular complexity index is 942. The van der Waals surface area contributed by atoms with E-state index < -0.39 is 32.0 Å². The maximum atomic E-state index is 11.3. The average molecular weight is 295 g/mol. The van der Waals surface area contributed by atoms with Crippen molar-refractivity contribution in [1.82, 2.24) is 15.2 Å². The van der Waals surface area contributed by atoms with Crippen molar-refractivity contribution in [2.75, 3.05) is 27.1 Å². The van der Waals surface area contributed by atoms with Crippen LogP contribution in [0.2, 0.25) is 0 Å². The molecule has 5 nitrogen and oxygen atoms in total. The number of carbonyl (C=O) groups excluding carboxylic acids is 1. The quantitative estimate of drug-likeness (QED) is 0.886. The van der Waals surface area contributed by atoms with E-state index in [2.05, 4.69) is 10.3 Å². The first-order valence-electron chi connectivity index (χ1n) is 10.5. The molecule has 1 aliphatic heterocycles. The van der Waals surface area contributed by atoms with Crippen LogP contribution in [0.1, 0.15) is 22.1 Å². The summed E-state index contributed by atoms with van der Waals surface area (Å²) >= 11 is 0. The monoisotopic (exact) mass is 295 g/mol. The Kier molecular flexibility index (Phi) is 2.01. The molecule has 2 heterocycles. The Balaban J connectivity index is 2.00. The van der Waals surface area contributed by atoms with E-state index in [1.165, 1.54) is 6.20 Å². The molecule has 2 aromatic rings. The van der Waals surface area contributed by atoms with Crippen molar-refractivity contribution in [3.05, 3.63) is 35.5 Å². The molecule has 0 saturated carbocycles. The van der Waals surface area contributed by atoms with Gasteiger partial charge >= 0.3 is 6.09 Å². The number of nitrogens with one attached hydrogen (secondary N) is 2. The molecule has 112 valence electrons. The Morgan fingerprint density at radius 2 is 2.52 bits per heavy atom. The summed E-state index contributed by atoms with van der Waals surface area (Å²) in [7, 11) is 1.01. The van der Waals surface area contributed by atoms with Gasteiger partial charge in [-0.3, -0.25) is 0 Å². The third-order valence-corrected chi connectivity index (χ3v) is 3.18. The van der Waals surface area contributed by atoms with Gasteiger partial charge in [0.2, 0.25) is 0 Å². The molecule has 0 bridgehead atoms. The Morgan fingerprint density at radius 3 is 3.29 bits per heavy atom. The number of nitrogens with zero attached hydrogens (tertiary/aromatic N) is 1. The lowest BCUT2D eigenvalue weighted by molar-refractivity contribution is 0.177. The number of fused-ring (bicyclic) bond motifs is 1. The average Bonchev–Trinajstić information content (AvgIpc) is 3.16. The van der Waals surface area contributed by atoms with Crippen LogP contribution in [-0.2, 0) is 17.5 Å². The van der Waals surface area contributed by atoms with Crippen molar-refractivity contribution in [2.24, 2.45) is 0 Å². The number of aromatic nitrogens is 1. The number of aromatic amines is 1. The lowest BCUT2D eigenvalue weighted by atomic mass is 10.0. The first kappa shape index (κ1) is 7.31. The van der Waals surface area contributed by atoms with Crippen LogP contribution < -0.4 is 5.32 Å². The zero-order valence-electron chi connectivity index (χ0n) is 19.5. The third kappa shape index (κ3) is 3.19. The number of carbonyl (C=O) groups is 1. The second-order valence-electron chi connectivity index (χ2n) is 4.86. The Labute approximate surface area is 135 Å². The number of rotatable bonds is 5. The smallest absolute Gasteiger partial charge is 0.407 e. The summed E-state index contributed by atoms with van der Waals surface area (Å²) in [5.74, 6) is 0. The summed E-state index contributed by atoms with van der Waals surface area (Å²) in [5.41, 5.74) is 1.10. The minimum atomic E-state index is -2.84. The summed E-state index contributed by atoms with van der Waals surface area (Å²) < 4.78 is 68.5. The van der Waals surface area contributed by atoms with Gasteiger partial charge in [0.1, 0.15) is 6.61 Å². The Morgan fingerprint density at radius 1 is 1.62 bits per heavy atom. The molecule has 1 atom stereocenters. The van der Waals surface area contributed by atoms with Gasteiger partial charge in [-0.2, -0.15) is 0 Å². The first-order chi connectivity index (χ1) is 13.2. The zero-order valence-corrected chi connectivity index (χ0v) is 11.5. The van der Waals surface area contributed by atoms with E-state index in [0.29, 0.717) is 21.4 Å². The zero-order chi connectivity index (χ0) is 21.8. The summed E-state index contributed by atoms with van der Waals surface area (Å²) in [5, 5.41) is 2.78. The summed E-state index contributed by atoms with van der Waals surface area (Å²) in [6, 6.07) is 3.62. The molecule has 1 aromatic heterocycles. The van der Waals surface area contributed by atoms with Crippen molar-refractivity contribution in [3.63, 3.8) is 0 Å². The number of ether oxygens (including phenoxy) is 1. The van der Waals surface area contributed by atoms with Gasteiger partial charge in [-0.25, -0.2) is 4.79 Å². The van der Waals surface area contributed by atoms with Gasteiger partial charge in [-0.1, -0.05) is 6.07 Å². The van der Waals surface area contributed by atoms with E-state index in [1.807, 2.05) is 0 Å². The fraction of sp³-hybridized carbons (Fsp3) is 0.438. The van der Waals surface area contributed by atoms with Crippen LogP contribution in [0.15, 0.2) is 24.4 Å². The minimum Gasteiger partial charge on any atom is -0.447 e. The van der Waals surface area contributed by atoms with E-state index in [9.17, 15) is 4.79 Å². The van der Waals surface area contributed by atoms with Gasteiger partial charge in [0.25, 0.3) is 0 Å². The van der Waals surface area contributed by atoms with Gasteiger partial charge in [0, 0.05) is 33.2 Å². The van der Waals surface area contributed by atoms with Crippen LogP contribution in [-0.4, -0.2) is 49.1 Å². The van der Waals surface area contributed by atoms with Crippen molar-refractivity contribution in [1.29, 1.82) is 0 Å². The molecule has 1 fully saturated rings. The van der Waals surface area contributed by atoms with Gasteiger partial charge < -0.3 is 19.9 Å². The highest BCUT2D eigenvalue weighted by Gasteiger charge is 2.22. The Hall–Kier alpha value is -2.01. The van der Waals surface area contributed by atoms with Crippen LogP contribution >= 0.6 is 0 Å². The second kappa shape index (κ2) is 5.77. The maximum absolute atomic E-state index is 11.3. The van der Waals surface area contributed by atoms with E-state index in [0.717, 1.165) is 7.05 Å². The number of benzene rings is 1. The van der Waals surface area contributed by atoms with Crippen LogP contribution in [0.25, 0.3) is 10.9 Å². The van der Waals surface area contributed by atoms with Gasteiger partial charge in [-0.05, 0) is 50.1 Å². The second-order valence-corrected chi connectivity index (χ2v) is 4.86. The summed E-state index contributed by atoms with van der Waals surface area (Å²) in [4.78, 5) is 14.5. The number of likely N-dealkylation sites (N-methyl/N-ethyl adjacent to an activating group) is 1. The predicted molar refractivity (Wildman–Crippen MR) is 82.5 cm³/mol. The minimum absolute atomic E-state index is 0.0406. The molecule has 0 spiro atoms. The highest BCUT2D eigenvalue weighted by molar-refractivity contribution is 5.84. The van der Waals surface area contributed by atoms with Crippen molar-refractivity contribution in [3.8, 4) is 0 Å². The fourth-order valence-corrected chi connectivity index (χ4v) is 2.24. The molecular formula is C16H21N3O2. The van der Waals surface area contributed by atoms with Crippen molar-refractivity contribution < 1.29 is 20.5 Å². The topological polar surface area (TPSA) is 57.4 Å². The standard InChI is InChI=1S/C16H21N3O2/c1-19(2)6-5-12-9-17-15-4-3-11(8-14(12)15)7-13-10-21-16(20)18-13/h3-4,8-9,13,17H,5-7,10H2,1-2H3,(H,18,20)/t13-/m0/s1/i1D3,5D2,6D2,13D. The maximum Gasteiger partial charge on any atom is 0.407 e. The van der Waals surface area contributed by atoms with Crippen molar-refractivity contribution in [2.45, 2.75) is 18.8 Å². The lowest BCUT2D eigenvalue weighted by Crippen LogP contribution is -2.28. The predicted octanol–water partition coefficient (Wildman–Crippen LogP) is 1.92. The molecule has 21 heavy (non-hydrogen) atoms. The fourth-order valence-electron chi connectivity index (χ4n) is 2.24. The number of aryl methyl sites for hydroxylation is 1. The molecule has 1 saturated heterocycles. The normalized spacial score (nSPS) is 29.3. The SMILES string of the molecule is [2H]C([2H])([2H])N(C)C([2H])([2H])C([2H])([2H])c1c[nH]c2ccc(C[C@@]3([2H])COC(=O)N3)cc12. The molecule has 0 radical (unpaired) electrons. The molecule has 0 unspecified atom stereocenters.